The number of carbonyl (C=O) groups is 2. The predicted octanol–water partition coefficient (Wildman–Crippen LogP) is 6.87. The predicted molar refractivity (Wildman–Crippen MR) is 153 cm³/mol. The second-order valence-corrected chi connectivity index (χ2v) is 10.8. The third-order valence-electron chi connectivity index (χ3n) is 7.82. The van der Waals surface area contributed by atoms with Gasteiger partial charge in [0.05, 0.1) is 29.2 Å². The molecule has 3 atom stereocenters. The van der Waals surface area contributed by atoms with Gasteiger partial charge in [-0.1, -0.05) is 66.2 Å². The van der Waals surface area contributed by atoms with Gasteiger partial charge in [0.2, 0.25) is 0 Å². The normalized spacial score (nSPS) is 22.4. The number of aryl methyl sites for hydroxylation is 2. The molecule has 3 unspecified atom stereocenters. The molecule has 2 aliphatic rings. The Kier molecular flexibility index (Phi) is 6.95. The van der Waals surface area contributed by atoms with Crippen LogP contribution in [-0.2, 0) is 15.0 Å². The van der Waals surface area contributed by atoms with Crippen LogP contribution in [0.4, 0.5) is 5.69 Å². The maximum Gasteiger partial charge on any atom is 0.260 e. The molecule has 1 heterocycles. The van der Waals surface area contributed by atoms with E-state index in [1.165, 1.54) is 0 Å². The number of allylic oxidation sites excluding steroid dienone is 3. The molecule has 200 valence electrons. The number of carbonyl (C=O) groups excluding carboxylic acids is 2. The SMILES string of the molecule is C=CC1=CCC2C(=O)N(Nc3ccc(Cl)cc3Cl)C(=O)C2(c2ccc(OC)cc2)C1c1cc(C)c(O)c(C)c1. The van der Waals surface area contributed by atoms with E-state index in [0.29, 0.717) is 39.6 Å². The minimum Gasteiger partial charge on any atom is -0.507 e. The molecule has 1 saturated heterocycles. The number of fused-ring (bicyclic) bond motifs is 1. The van der Waals surface area contributed by atoms with Crippen molar-refractivity contribution in [2.24, 2.45) is 5.92 Å². The van der Waals surface area contributed by atoms with Crippen LogP contribution in [0.3, 0.4) is 0 Å². The third kappa shape index (κ3) is 4.19. The highest BCUT2D eigenvalue weighted by Crippen LogP contribution is 2.58. The Morgan fingerprint density at radius 3 is 2.33 bits per heavy atom. The first kappa shape index (κ1) is 26.9. The number of phenols is 1. The van der Waals surface area contributed by atoms with E-state index in [2.05, 4.69) is 12.0 Å². The van der Waals surface area contributed by atoms with Gasteiger partial charge in [0.15, 0.2) is 0 Å². The van der Waals surface area contributed by atoms with Gasteiger partial charge >= 0.3 is 0 Å². The summed E-state index contributed by atoms with van der Waals surface area (Å²) in [6.07, 6.45) is 4.07. The molecule has 2 amide bonds. The van der Waals surface area contributed by atoms with E-state index in [0.717, 1.165) is 16.1 Å². The molecule has 8 heteroatoms. The lowest BCUT2D eigenvalue weighted by molar-refractivity contribution is -0.138. The number of aromatic hydroxyl groups is 1. The number of amides is 2. The Bertz CT molecular complexity index is 1510. The molecule has 0 radical (unpaired) electrons. The van der Waals surface area contributed by atoms with Gasteiger partial charge in [-0.25, -0.2) is 0 Å². The van der Waals surface area contributed by atoms with Gasteiger partial charge in [-0.15, -0.1) is 0 Å². The van der Waals surface area contributed by atoms with E-state index in [-0.39, 0.29) is 16.7 Å². The number of nitrogens with zero attached hydrogens (tertiary/aromatic N) is 1. The summed E-state index contributed by atoms with van der Waals surface area (Å²) in [4.78, 5) is 28.8. The number of hydrogen-bond donors (Lipinski definition) is 2. The minimum atomic E-state index is -1.30. The Morgan fingerprint density at radius 2 is 1.74 bits per heavy atom. The molecule has 3 aromatic carbocycles. The van der Waals surface area contributed by atoms with Crippen molar-refractivity contribution >= 4 is 40.7 Å². The molecule has 0 saturated carbocycles. The lowest BCUT2D eigenvalue weighted by atomic mass is 9.56. The number of methoxy groups -OCH3 is 1. The molecule has 6 nitrogen and oxygen atoms in total. The molecule has 39 heavy (non-hydrogen) atoms. The summed E-state index contributed by atoms with van der Waals surface area (Å²) in [7, 11) is 1.58. The van der Waals surface area contributed by atoms with Crippen LogP contribution in [0, 0.1) is 19.8 Å². The smallest absolute Gasteiger partial charge is 0.260 e. The Morgan fingerprint density at radius 1 is 1.08 bits per heavy atom. The van der Waals surface area contributed by atoms with E-state index in [1.807, 2.05) is 44.2 Å². The maximum atomic E-state index is 14.7. The van der Waals surface area contributed by atoms with E-state index >= 15 is 0 Å². The summed E-state index contributed by atoms with van der Waals surface area (Å²) in [6, 6.07) is 15.8. The van der Waals surface area contributed by atoms with Crippen LogP contribution >= 0.6 is 23.2 Å². The van der Waals surface area contributed by atoms with Crippen LogP contribution in [-0.4, -0.2) is 29.0 Å². The maximum absolute atomic E-state index is 14.7. The second kappa shape index (κ2) is 10.1. The first-order chi connectivity index (χ1) is 18.6. The van der Waals surface area contributed by atoms with E-state index in [4.69, 9.17) is 27.9 Å². The van der Waals surface area contributed by atoms with Crippen LogP contribution in [0.5, 0.6) is 11.5 Å². The van der Waals surface area contributed by atoms with Crippen molar-refractivity contribution in [3.63, 3.8) is 0 Å². The molecule has 2 N–H and O–H groups in total. The van der Waals surface area contributed by atoms with Crippen molar-refractivity contribution in [1.29, 1.82) is 0 Å². The fourth-order valence-corrected chi connectivity index (χ4v) is 6.46. The number of ether oxygens (including phenoxy) is 1. The molecular weight excluding hydrogens is 535 g/mol. The van der Waals surface area contributed by atoms with Crippen molar-refractivity contribution in [2.45, 2.75) is 31.6 Å². The number of halogens is 2. The Labute approximate surface area is 237 Å². The molecule has 1 aliphatic carbocycles. The van der Waals surface area contributed by atoms with Crippen LogP contribution in [0.1, 0.15) is 34.6 Å². The zero-order valence-electron chi connectivity index (χ0n) is 21.8. The highest BCUT2D eigenvalue weighted by molar-refractivity contribution is 6.36. The molecule has 1 fully saturated rings. The number of hydrogen-bond acceptors (Lipinski definition) is 5. The highest BCUT2D eigenvalue weighted by atomic mass is 35.5. The zero-order valence-corrected chi connectivity index (χ0v) is 23.3. The van der Waals surface area contributed by atoms with Crippen LogP contribution < -0.4 is 10.2 Å². The van der Waals surface area contributed by atoms with Gasteiger partial charge in [0.1, 0.15) is 11.5 Å². The molecule has 3 aromatic rings. The fraction of sp³-hybridized carbons (Fsp3) is 0.226. The van der Waals surface area contributed by atoms with Crippen molar-refractivity contribution in [2.75, 3.05) is 12.5 Å². The second-order valence-electron chi connectivity index (χ2n) is 9.95. The fourth-order valence-electron chi connectivity index (χ4n) is 6.01. The van der Waals surface area contributed by atoms with Crippen LogP contribution in [0.15, 0.2) is 78.9 Å². The largest absolute Gasteiger partial charge is 0.507 e. The molecule has 1 aliphatic heterocycles. The zero-order chi connectivity index (χ0) is 28.1. The van der Waals surface area contributed by atoms with Crippen molar-refractivity contribution < 1.29 is 19.4 Å². The number of anilines is 1. The molecule has 0 aromatic heterocycles. The first-order valence-electron chi connectivity index (χ1n) is 12.5. The number of nitrogens with one attached hydrogen (secondary N) is 1. The summed E-state index contributed by atoms with van der Waals surface area (Å²) in [5, 5.41) is 12.3. The van der Waals surface area contributed by atoms with E-state index < -0.39 is 23.2 Å². The lowest BCUT2D eigenvalue weighted by Crippen LogP contribution is -2.48. The Hall–Kier alpha value is -3.74. The summed E-state index contributed by atoms with van der Waals surface area (Å²) >= 11 is 12.5. The van der Waals surface area contributed by atoms with Crippen molar-refractivity contribution in [1.82, 2.24) is 5.01 Å². The first-order valence-corrected chi connectivity index (χ1v) is 13.3. The number of benzene rings is 3. The summed E-state index contributed by atoms with van der Waals surface area (Å²) < 4.78 is 5.38. The van der Waals surface area contributed by atoms with Gasteiger partial charge < -0.3 is 9.84 Å². The molecule has 0 spiro atoms. The summed E-state index contributed by atoms with van der Waals surface area (Å²) in [5.74, 6) is -1.20. The minimum absolute atomic E-state index is 0.197. The standard InChI is InChI=1S/C31H28Cl2N2O4/c1-5-19-6-12-24-29(37)35(34-26-13-9-22(32)16-25(26)33)30(38)31(24,21-7-10-23(39-4)11-8-21)27(19)20-14-17(2)28(36)18(3)15-20/h5-11,13-16,24,27,34,36H,1,12H2,2-4H3. The monoisotopic (exact) mass is 562 g/mol. The van der Waals surface area contributed by atoms with Gasteiger partial charge in [0, 0.05) is 10.9 Å². The van der Waals surface area contributed by atoms with Crippen LogP contribution in [0.25, 0.3) is 0 Å². The van der Waals surface area contributed by atoms with Gasteiger partial charge in [-0.05, 0) is 78.4 Å². The van der Waals surface area contributed by atoms with E-state index in [9.17, 15) is 14.7 Å². The van der Waals surface area contributed by atoms with Crippen molar-refractivity contribution in [3.05, 3.63) is 111 Å². The average Bonchev–Trinajstić information content (AvgIpc) is 3.14. The summed E-state index contributed by atoms with van der Waals surface area (Å²) in [5.41, 5.74) is 5.74. The van der Waals surface area contributed by atoms with Gasteiger partial charge in [0.25, 0.3) is 11.8 Å². The highest BCUT2D eigenvalue weighted by Gasteiger charge is 2.66. The van der Waals surface area contributed by atoms with Crippen LogP contribution in [0.2, 0.25) is 10.0 Å². The third-order valence-corrected chi connectivity index (χ3v) is 8.36. The summed E-state index contributed by atoms with van der Waals surface area (Å²) in [6.45, 7) is 7.69. The Balaban J connectivity index is 1.76. The van der Waals surface area contributed by atoms with Crippen molar-refractivity contribution in [3.8, 4) is 11.5 Å². The topological polar surface area (TPSA) is 78.9 Å². The number of hydrazine groups is 1. The molecule has 0 bridgehead atoms. The number of imide groups is 1. The number of rotatable bonds is 6. The lowest BCUT2D eigenvalue weighted by Gasteiger charge is -2.43. The van der Waals surface area contributed by atoms with Gasteiger partial charge in [-0.3, -0.25) is 15.0 Å². The molecular formula is C31H28Cl2N2O4. The van der Waals surface area contributed by atoms with Gasteiger partial charge in [-0.2, -0.15) is 5.01 Å². The average molecular weight is 563 g/mol. The quantitative estimate of drug-likeness (QED) is 0.320. The number of phenolic OH excluding ortho intramolecular Hbond substituents is 1. The molecule has 5 rings (SSSR count). The van der Waals surface area contributed by atoms with E-state index in [1.54, 1.807) is 43.5 Å².